The van der Waals surface area contributed by atoms with Crippen LogP contribution in [0.2, 0.25) is 5.02 Å². The van der Waals surface area contributed by atoms with Gasteiger partial charge in [0.05, 0.1) is 23.4 Å². The number of pyridine rings is 1. The Morgan fingerprint density at radius 1 is 1.69 bits per heavy atom. The van der Waals surface area contributed by atoms with Crippen LogP contribution in [0.4, 0.5) is 8.78 Å². The van der Waals surface area contributed by atoms with Gasteiger partial charge >= 0.3 is 5.97 Å². The monoisotopic (exact) mass is 250 g/mol. The first kappa shape index (κ1) is 12.8. The Labute approximate surface area is 95.4 Å². The first-order valence-corrected chi connectivity index (χ1v) is 4.64. The molecule has 0 aliphatic heterocycles. The number of carbonyl (C=O) groups excluding carboxylic acids is 1. The lowest BCUT2D eigenvalue weighted by Gasteiger charge is -2.10. The Hall–Kier alpha value is -1.27. The van der Waals surface area contributed by atoms with Crippen LogP contribution >= 0.6 is 11.6 Å². The van der Waals surface area contributed by atoms with Crippen LogP contribution in [0, 0.1) is 0 Å². The lowest BCUT2D eigenvalue weighted by molar-refractivity contribution is 0.0581. The Morgan fingerprint density at radius 2 is 2.31 bits per heavy atom. The van der Waals surface area contributed by atoms with Crippen LogP contribution in [0.3, 0.4) is 0 Å². The number of carbonyl (C=O) groups is 1. The standard InChI is InChI=1S/C9H9ClF2N2O2/c1-16-9(15)7-6(8(11)12)5(10)2-4(3-13)14-7/h2,8H,3,13H2,1H3. The molecular weight excluding hydrogens is 242 g/mol. The van der Waals surface area contributed by atoms with Crippen LogP contribution in [-0.2, 0) is 11.3 Å². The number of hydrogen-bond donors (Lipinski definition) is 1. The molecule has 0 saturated heterocycles. The highest BCUT2D eigenvalue weighted by Crippen LogP contribution is 2.30. The molecular formula is C9H9ClF2N2O2. The predicted octanol–water partition coefficient (Wildman–Crippen LogP) is 1.92. The summed E-state index contributed by atoms with van der Waals surface area (Å²) in [5, 5.41) is -0.245. The van der Waals surface area contributed by atoms with Crippen LogP contribution in [0.25, 0.3) is 0 Å². The number of rotatable bonds is 3. The molecule has 0 bridgehead atoms. The van der Waals surface area contributed by atoms with Gasteiger partial charge in [-0.3, -0.25) is 0 Å². The number of esters is 1. The highest BCUT2D eigenvalue weighted by Gasteiger charge is 2.24. The van der Waals surface area contributed by atoms with Crippen molar-refractivity contribution < 1.29 is 18.3 Å². The molecule has 2 N–H and O–H groups in total. The molecule has 0 fully saturated rings. The molecule has 0 aromatic carbocycles. The highest BCUT2D eigenvalue weighted by molar-refractivity contribution is 6.31. The molecule has 1 rings (SSSR count). The minimum absolute atomic E-state index is 0.00671. The topological polar surface area (TPSA) is 65.2 Å². The summed E-state index contributed by atoms with van der Waals surface area (Å²) in [6, 6.07) is 1.20. The van der Waals surface area contributed by atoms with Crippen molar-refractivity contribution in [2.75, 3.05) is 7.11 Å². The van der Waals surface area contributed by atoms with Crippen molar-refractivity contribution in [2.45, 2.75) is 13.0 Å². The van der Waals surface area contributed by atoms with E-state index in [-0.39, 0.29) is 17.3 Å². The van der Waals surface area contributed by atoms with Gasteiger partial charge in [-0.15, -0.1) is 0 Å². The number of nitrogens with two attached hydrogens (primary N) is 1. The molecule has 88 valence electrons. The van der Waals surface area contributed by atoms with E-state index in [2.05, 4.69) is 9.72 Å². The molecule has 16 heavy (non-hydrogen) atoms. The van der Waals surface area contributed by atoms with E-state index in [1.165, 1.54) is 6.07 Å². The maximum absolute atomic E-state index is 12.7. The molecule has 1 aromatic heterocycles. The minimum atomic E-state index is -2.90. The van der Waals surface area contributed by atoms with Crippen molar-refractivity contribution in [1.29, 1.82) is 0 Å². The summed E-state index contributed by atoms with van der Waals surface area (Å²) in [5.41, 5.74) is 4.41. The van der Waals surface area contributed by atoms with Gasteiger partial charge in [0.1, 0.15) is 0 Å². The van der Waals surface area contributed by atoms with Crippen molar-refractivity contribution in [3.05, 3.63) is 28.0 Å². The molecule has 0 radical (unpaired) electrons. The van der Waals surface area contributed by atoms with E-state index in [0.29, 0.717) is 0 Å². The average Bonchev–Trinajstić information content (AvgIpc) is 2.26. The summed E-state index contributed by atoms with van der Waals surface area (Å²) in [6.45, 7) is -0.00671. The minimum Gasteiger partial charge on any atom is -0.464 e. The van der Waals surface area contributed by atoms with Crippen LogP contribution < -0.4 is 5.73 Å². The fraction of sp³-hybridized carbons (Fsp3) is 0.333. The van der Waals surface area contributed by atoms with Gasteiger partial charge < -0.3 is 10.5 Å². The van der Waals surface area contributed by atoms with E-state index in [9.17, 15) is 13.6 Å². The average molecular weight is 251 g/mol. The van der Waals surface area contributed by atoms with Gasteiger partial charge in [0.25, 0.3) is 6.43 Å². The van der Waals surface area contributed by atoms with Crippen molar-refractivity contribution in [2.24, 2.45) is 5.73 Å². The summed E-state index contributed by atoms with van der Waals surface area (Å²) >= 11 is 5.63. The number of methoxy groups -OCH3 is 1. The van der Waals surface area contributed by atoms with Crippen LogP contribution in [0.5, 0.6) is 0 Å². The van der Waals surface area contributed by atoms with Crippen LogP contribution in [-0.4, -0.2) is 18.1 Å². The zero-order valence-electron chi connectivity index (χ0n) is 8.34. The number of ether oxygens (including phenoxy) is 1. The van der Waals surface area contributed by atoms with Gasteiger partial charge in [-0.2, -0.15) is 0 Å². The second kappa shape index (κ2) is 5.18. The largest absolute Gasteiger partial charge is 0.464 e. The SMILES string of the molecule is COC(=O)c1nc(CN)cc(Cl)c1C(F)F. The molecule has 0 amide bonds. The first-order chi connectivity index (χ1) is 7.51. The maximum Gasteiger partial charge on any atom is 0.357 e. The Morgan fingerprint density at radius 3 is 2.75 bits per heavy atom. The Kier molecular flexibility index (Phi) is 4.14. The second-order valence-corrected chi connectivity index (χ2v) is 3.26. The summed E-state index contributed by atoms with van der Waals surface area (Å²) in [6.07, 6.45) is -2.90. The molecule has 0 saturated carbocycles. The molecule has 7 heteroatoms. The second-order valence-electron chi connectivity index (χ2n) is 2.85. The number of aromatic nitrogens is 1. The zero-order chi connectivity index (χ0) is 12.3. The van der Waals surface area contributed by atoms with Gasteiger partial charge in [-0.05, 0) is 6.07 Å². The molecule has 1 heterocycles. The first-order valence-electron chi connectivity index (χ1n) is 4.27. The Bertz CT molecular complexity index is 413. The van der Waals surface area contributed by atoms with E-state index in [1.54, 1.807) is 0 Å². The molecule has 1 aromatic rings. The number of halogens is 3. The lowest BCUT2D eigenvalue weighted by atomic mass is 10.1. The zero-order valence-corrected chi connectivity index (χ0v) is 9.09. The van der Waals surface area contributed by atoms with Gasteiger partial charge in [-0.25, -0.2) is 18.6 Å². The smallest absolute Gasteiger partial charge is 0.357 e. The van der Waals surface area contributed by atoms with Crippen molar-refractivity contribution in [3.63, 3.8) is 0 Å². The van der Waals surface area contributed by atoms with E-state index in [4.69, 9.17) is 17.3 Å². The highest BCUT2D eigenvalue weighted by atomic mass is 35.5. The fourth-order valence-corrected chi connectivity index (χ4v) is 1.44. The summed E-state index contributed by atoms with van der Waals surface area (Å²) in [7, 11) is 1.07. The lowest BCUT2D eigenvalue weighted by Crippen LogP contribution is -2.13. The Balaban J connectivity index is 3.40. The normalized spacial score (nSPS) is 10.6. The number of nitrogens with zero attached hydrogens (tertiary/aromatic N) is 1. The molecule has 0 aliphatic rings. The predicted molar refractivity (Wildman–Crippen MR) is 53.4 cm³/mol. The molecule has 0 spiro atoms. The molecule has 0 unspecified atom stereocenters. The summed E-state index contributed by atoms with van der Waals surface area (Å²) in [4.78, 5) is 14.9. The quantitative estimate of drug-likeness (QED) is 0.833. The van der Waals surface area contributed by atoms with E-state index in [1.807, 2.05) is 0 Å². The van der Waals surface area contributed by atoms with Crippen molar-refractivity contribution >= 4 is 17.6 Å². The van der Waals surface area contributed by atoms with Gasteiger partial charge in [0.2, 0.25) is 0 Å². The third-order valence-corrected chi connectivity index (χ3v) is 2.18. The van der Waals surface area contributed by atoms with Crippen LogP contribution in [0.15, 0.2) is 6.07 Å². The summed E-state index contributed by atoms with van der Waals surface area (Å²) < 4.78 is 29.7. The third-order valence-electron chi connectivity index (χ3n) is 1.87. The molecule has 0 atom stereocenters. The number of alkyl halides is 2. The molecule has 4 nitrogen and oxygen atoms in total. The fourth-order valence-electron chi connectivity index (χ4n) is 1.14. The third kappa shape index (κ3) is 2.45. The van der Waals surface area contributed by atoms with E-state index < -0.39 is 23.7 Å². The van der Waals surface area contributed by atoms with E-state index >= 15 is 0 Å². The maximum atomic E-state index is 12.7. The molecule has 0 aliphatic carbocycles. The van der Waals surface area contributed by atoms with E-state index in [0.717, 1.165) is 7.11 Å². The summed E-state index contributed by atoms with van der Waals surface area (Å²) in [5.74, 6) is -0.965. The van der Waals surface area contributed by atoms with Crippen LogP contribution in [0.1, 0.15) is 28.2 Å². The van der Waals surface area contributed by atoms with Crippen molar-refractivity contribution in [1.82, 2.24) is 4.98 Å². The van der Waals surface area contributed by atoms with Gasteiger partial charge in [0.15, 0.2) is 5.69 Å². The van der Waals surface area contributed by atoms with Gasteiger partial charge in [-0.1, -0.05) is 11.6 Å². The van der Waals surface area contributed by atoms with Crippen molar-refractivity contribution in [3.8, 4) is 0 Å². The van der Waals surface area contributed by atoms with Gasteiger partial charge in [0, 0.05) is 6.54 Å². The number of hydrogen-bond acceptors (Lipinski definition) is 4.